The first-order valence-electron chi connectivity index (χ1n) is 9.16. The third kappa shape index (κ3) is 5.35. The Morgan fingerprint density at radius 1 is 1.23 bits per heavy atom. The molecular weight excluding hydrogens is 449 g/mol. The van der Waals surface area contributed by atoms with E-state index in [1.165, 1.54) is 0 Å². The minimum Gasteiger partial charge on any atom is -0.455 e. The number of aliphatic hydroxyl groups excluding tert-OH is 1. The average molecular weight is 470 g/mol. The summed E-state index contributed by atoms with van der Waals surface area (Å²) in [6, 6.07) is 8.56. The van der Waals surface area contributed by atoms with Gasteiger partial charge in [-0.05, 0) is 19.4 Å². The minimum absolute atomic E-state index is 0.0603. The van der Waals surface area contributed by atoms with E-state index in [4.69, 9.17) is 18.9 Å². The molecule has 0 radical (unpaired) electrons. The summed E-state index contributed by atoms with van der Waals surface area (Å²) < 4.78 is 86.6. The summed E-state index contributed by atoms with van der Waals surface area (Å²) in [7, 11) is -6.18. The Labute approximate surface area is 176 Å². The van der Waals surface area contributed by atoms with Crippen LogP contribution in [-0.4, -0.2) is 67.9 Å². The van der Waals surface area contributed by atoms with Gasteiger partial charge in [0.1, 0.15) is 18.3 Å². The zero-order chi connectivity index (χ0) is 23.0. The zero-order valence-corrected chi connectivity index (χ0v) is 17.3. The quantitative estimate of drug-likeness (QED) is 0.372. The number of carbonyl (C=O) groups is 1. The van der Waals surface area contributed by atoms with Gasteiger partial charge in [-0.25, -0.2) is 8.98 Å². The van der Waals surface area contributed by atoms with E-state index < -0.39 is 57.9 Å². The molecule has 3 rings (SSSR count). The first kappa shape index (κ1) is 23.9. The van der Waals surface area contributed by atoms with Crippen LogP contribution in [0.5, 0.6) is 0 Å². The van der Waals surface area contributed by atoms with Crippen molar-refractivity contribution in [1.29, 1.82) is 0 Å². The summed E-state index contributed by atoms with van der Waals surface area (Å²) in [5, 5.41) is 10.6. The number of esters is 1. The second-order valence-electron chi connectivity index (χ2n) is 7.44. The maximum absolute atomic E-state index is 12.7. The number of halogens is 3. The Bertz CT molecular complexity index is 888. The second-order valence-corrected chi connectivity index (χ2v) is 9.00. The van der Waals surface area contributed by atoms with E-state index in [2.05, 4.69) is 4.18 Å². The molecular formula is C18H21F3O9S. The molecule has 1 N–H and O–H groups in total. The molecule has 1 aromatic carbocycles. The fraction of sp³-hybridized carbons (Fsp3) is 0.611. The highest BCUT2D eigenvalue weighted by molar-refractivity contribution is 7.87. The van der Waals surface area contributed by atoms with E-state index in [0.29, 0.717) is 5.56 Å². The van der Waals surface area contributed by atoms with Crippen LogP contribution in [0, 0.1) is 0 Å². The Morgan fingerprint density at radius 3 is 2.42 bits per heavy atom. The van der Waals surface area contributed by atoms with Gasteiger partial charge in [0.25, 0.3) is 0 Å². The highest BCUT2D eigenvalue weighted by Crippen LogP contribution is 2.34. The van der Waals surface area contributed by atoms with Gasteiger partial charge in [-0.15, -0.1) is 0 Å². The zero-order valence-electron chi connectivity index (χ0n) is 16.4. The first-order chi connectivity index (χ1) is 14.3. The van der Waals surface area contributed by atoms with Gasteiger partial charge in [0.2, 0.25) is 6.10 Å². The molecule has 31 heavy (non-hydrogen) atoms. The van der Waals surface area contributed by atoms with E-state index in [1.807, 2.05) is 0 Å². The molecule has 0 unspecified atom stereocenters. The van der Waals surface area contributed by atoms with Crippen LogP contribution in [0.2, 0.25) is 0 Å². The summed E-state index contributed by atoms with van der Waals surface area (Å²) in [5.74, 6) is -2.54. The summed E-state index contributed by atoms with van der Waals surface area (Å²) >= 11 is 0. The van der Waals surface area contributed by atoms with Crippen LogP contribution in [0.3, 0.4) is 0 Å². The van der Waals surface area contributed by atoms with Gasteiger partial charge in [0.05, 0.1) is 13.2 Å². The summed E-state index contributed by atoms with van der Waals surface area (Å²) in [6.07, 6.45) is -8.25. The fourth-order valence-corrected chi connectivity index (χ4v) is 3.76. The van der Waals surface area contributed by atoms with E-state index in [0.717, 1.165) is 0 Å². The number of rotatable bonds is 6. The number of benzene rings is 1. The molecule has 0 spiro atoms. The molecule has 2 fully saturated rings. The van der Waals surface area contributed by atoms with Crippen molar-refractivity contribution in [3.05, 3.63) is 35.9 Å². The van der Waals surface area contributed by atoms with Gasteiger partial charge in [-0.1, -0.05) is 30.3 Å². The Hall–Kier alpha value is -1.77. The highest BCUT2D eigenvalue weighted by atomic mass is 32.2. The van der Waals surface area contributed by atoms with Crippen molar-refractivity contribution in [1.82, 2.24) is 0 Å². The van der Waals surface area contributed by atoms with Crippen LogP contribution in [0.4, 0.5) is 13.2 Å². The predicted octanol–water partition coefficient (Wildman–Crippen LogP) is 1.24. The molecule has 1 aromatic rings. The maximum atomic E-state index is 12.7. The first-order valence-corrected chi connectivity index (χ1v) is 10.6. The number of hydrogen-bond acceptors (Lipinski definition) is 9. The Morgan fingerprint density at radius 2 is 1.87 bits per heavy atom. The lowest BCUT2D eigenvalue weighted by Gasteiger charge is -2.40. The molecule has 0 saturated carbocycles. The molecule has 13 heteroatoms. The third-order valence-corrected chi connectivity index (χ3v) is 5.68. The van der Waals surface area contributed by atoms with Crippen LogP contribution in [-0.2, 0) is 44.7 Å². The number of cyclic esters (lactones) is 1. The van der Waals surface area contributed by atoms with Crippen molar-refractivity contribution in [3.8, 4) is 0 Å². The summed E-state index contributed by atoms with van der Waals surface area (Å²) in [4.78, 5) is 12.3. The molecule has 2 aliphatic rings. The van der Waals surface area contributed by atoms with Crippen molar-refractivity contribution in [2.75, 3.05) is 6.61 Å². The predicted molar refractivity (Wildman–Crippen MR) is 95.7 cm³/mol. The monoisotopic (exact) mass is 470 g/mol. The van der Waals surface area contributed by atoms with Gasteiger partial charge < -0.3 is 24.1 Å². The van der Waals surface area contributed by atoms with E-state index in [1.54, 1.807) is 44.2 Å². The normalized spacial score (nSPS) is 31.4. The molecule has 0 amide bonds. The van der Waals surface area contributed by atoms with Crippen LogP contribution < -0.4 is 0 Å². The van der Waals surface area contributed by atoms with Gasteiger partial charge in [-0.2, -0.15) is 21.6 Å². The number of aliphatic hydroxyl groups is 1. The molecule has 174 valence electrons. The van der Waals surface area contributed by atoms with Crippen LogP contribution in [0.1, 0.15) is 19.4 Å². The lowest BCUT2D eigenvalue weighted by molar-refractivity contribution is -0.231. The largest absolute Gasteiger partial charge is 0.523 e. The van der Waals surface area contributed by atoms with Crippen molar-refractivity contribution >= 4 is 16.1 Å². The third-order valence-electron chi connectivity index (χ3n) is 4.65. The second kappa shape index (κ2) is 8.64. The lowest BCUT2D eigenvalue weighted by atomic mass is 9.95. The van der Waals surface area contributed by atoms with E-state index in [9.17, 15) is 31.5 Å². The molecule has 2 heterocycles. The van der Waals surface area contributed by atoms with Crippen molar-refractivity contribution in [3.63, 3.8) is 0 Å². The molecule has 0 aromatic heterocycles. The Kier molecular flexibility index (Phi) is 6.65. The standard InChI is InChI=1S/C18H21F3O9S/c1-17(2)27-9-11(29-17)13-14(26-8-10-6-4-3-5-7-10)12(22)15(16(23)28-13)30-31(24,25)18(19,20)21/h3-7,11-15,22H,8-9H2,1-2H3/t11-,12-,13-,14-,15-/m1/s1. The van der Waals surface area contributed by atoms with Gasteiger partial charge in [-0.3, -0.25) is 0 Å². The topological polar surface area (TPSA) is 118 Å². The number of hydrogen-bond donors (Lipinski definition) is 1. The average Bonchev–Trinajstić information content (AvgIpc) is 3.03. The molecule has 2 saturated heterocycles. The smallest absolute Gasteiger partial charge is 0.455 e. The van der Waals surface area contributed by atoms with Gasteiger partial charge in [0, 0.05) is 0 Å². The van der Waals surface area contributed by atoms with E-state index >= 15 is 0 Å². The van der Waals surface area contributed by atoms with Crippen molar-refractivity contribution in [2.45, 2.75) is 62.3 Å². The summed E-state index contributed by atoms with van der Waals surface area (Å²) in [6.45, 7) is 3.01. The fourth-order valence-electron chi connectivity index (χ4n) is 3.19. The van der Waals surface area contributed by atoms with Gasteiger partial charge >= 0.3 is 21.6 Å². The number of carbonyl (C=O) groups excluding carboxylic acids is 1. The molecule has 5 atom stereocenters. The van der Waals surface area contributed by atoms with Crippen LogP contribution >= 0.6 is 0 Å². The SMILES string of the molecule is CC1(C)OC[C@H]([C@H]2OC(=O)[C@H](OS(=O)(=O)C(F)(F)F)[C@H](O)[C@H]2OCc2ccccc2)O1. The number of alkyl halides is 3. The minimum atomic E-state index is -6.18. The van der Waals surface area contributed by atoms with Gasteiger partial charge in [0.15, 0.2) is 11.9 Å². The van der Waals surface area contributed by atoms with E-state index in [-0.39, 0.29) is 13.2 Å². The van der Waals surface area contributed by atoms with Crippen molar-refractivity contribution < 1.29 is 54.6 Å². The van der Waals surface area contributed by atoms with Crippen LogP contribution in [0.25, 0.3) is 0 Å². The molecule has 0 aliphatic carbocycles. The lowest BCUT2D eigenvalue weighted by Crippen LogP contribution is -2.61. The molecule has 0 bridgehead atoms. The Balaban J connectivity index is 1.84. The molecule has 9 nitrogen and oxygen atoms in total. The van der Waals surface area contributed by atoms with Crippen molar-refractivity contribution in [2.24, 2.45) is 0 Å². The summed E-state index contributed by atoms with van der Waals surface area (Å²) in [5.41, 5.74) is -5.15. The number of ether oxygens (including phenoxy) is 4. The highest BCUT2D eigenvalue weighted by Gasteiger charge is 2.57. The maximum Gasteiger partial charge on any atom is 0.523 e. The molecule has 2 aliphatic heterocycles. The van der Waals surface area contributed by atoms with Crippen LogP contribution in [0.15, 0.2) is 30.3 Å².